The molecule has 0 bridgehead atoms. The van der Waals surface area contributed by atoms with Crippen LogP contribution in [0.15, 0.2) is 36.7 Å². The molecule has 2 rings (SSSR count). The minimum atomic E-state index is -1.29. The molecule has 100 valence electrons. The van der Waals surface area contributed by atoms with E-state index in [0.29, 0.717) is 17.9 Å². The summed E-state index contributed by atoms with van der Waals surface area (Å²) in [7, 11) is 0. The van der Waals surface area contributed by atoms with Gasteiger partial charge in [-0.2, -0.15) is 0 Å². The lowest BCUT2D eigenvalue weighted by atomic mass is 10.0. The van der Waals surface area contributed by atoms with Gasteiger partial charge in [0.25, 0.3) is 0 Å². The van der Waals surface area contributed by atoms with E-state index in [1.807, 2.05) is 6.92 Å². The highest BCUT2D eigenvalue weighted by atomic mass is 19.1. The third-order valence-electron chi connectivity index (χ3n) is 2.61. The third-order valence-corrected chi connectivity index (χ3v) is 2.61. The van der Waals surface area contributed by atoms with E-state index in [1.165, 1.54) is 12.4 Å². The fourth-order valence-corrected chi connectivity index (χ4v) is 1.73. The van der Waals surface area contributed by atoms with E-state index >= 15 is 0 Å². The molecule has 0 saturated heterocycles. The van der Waals surface area contributed by atoms with E-state index in [2.05, 4.69) is 4.98 Å². The van der Waals surface area contributed by atoms with E-state index < -0.39 is 17.7 Å². The average Bonchev–Trinajstić information content (AvgIpc) is 2.41. The molecule has 19 heavy (non-hydrogen) atoms. The summed E-state index contributed by atoms with van der Waals surface area (Å²) in [6.07, 6.45) is 1.59. The second kappa shape index (κ2) is 5.75. The third kappa shape index (κ3) is 3.06. The van der Waals surface area contributed by atoms with Crippen molar-refractivity contribution >= 4 is 0 Å². The largest absolute Gasteiger partial charge is 0.492 e. The molecule has 1 N–H and O–H groups in total. The lowest BCUT2D eigenvalue weighted by molar-refractivity contribution is 0.213. The van der Waals surface area contributed by atoms with Gasteiger partial charge >= 0.3 is 0 Å². The van der Waals surface area contributed by atoms with Gasteiger partial charge in [-0.05, 0) is 31.2 Å². The normalized spacial score (nSPS) is 12.2. The molecule has 0 aliphatic heterocycles. The summed E-state index contributed by atoms with van der Waals surface area (Å²) in [5.74, 6) is -0.809. The van der Waals surface area contributed by atoms with Crippen LogP contribution in [-0.4, -0.2) is 16.7 Å². The van der Waals surface area contributed by atoms with Crippen molar-refractivity contribution in [2.45, 2.75) is 13.0 Å². The second-order valence-electron chi connectivity index (χ2n) is 3.96. The molecule has 5 heteroatoms. The number of nitrogens with zero attached hydrogens (tertiary/aromatic N) is 1. The maximum absolute atomic E-state index is 13.6. The van der Waals surface area contributed by atoms with Gasteiger partial charge in [-0.15, -0.1) is 0 Å². The number of aromatic nitrogens is 1. The highest BCUT2D eigenvalue weighted by Gasteiger charge is 2.17. The van der Waals surface area contributed by atoms with Crippen LogP contribution >= 0.6 is 0 Å². The first-order chi connectivity index (χ1) is 9.11. The first-order valence-electron chi connectivity index (χ1n) is 5.82. The number of aliphatic hydroxyl groups is 1. The molecule has 0 fully saturated rings. The van der Waals surface area contributed by atoms with Crippen molar-refractivity contribution in [1.82, 2.24) is 4.98 Å². The number of rotatable bonds is 4. The molecule has 1 aromatic carbocycles. The maximum Gasteiger partial charge on any atom is 0.137 e. The van der Waals surface area contributed by atoms with Crippen LogP contribution in [0.2, 0.25) is 0 Å². The summed E-state index contributed by atoms with van der Waals surface area (Å²) in [5, 5.41) is 10.1. The minimum absolute atomic E-state index is 0.129. The average molecular weight is 265 g/mol. The Balaban J connectivity index is 2.35. The number of benzene rings is 1. The summed E-state index contributed by atoms with van der Waals surface area (Å²) in [6, 6.07) is 4.49. The zero-order chi connectivity index (χ0) is 13.8. The number of hydrogen-bond acceptors (Lipinski definition) is 3. The number of ether oxygens (including phenoxy) is 1. The molecule has 0 spiro atoms. The molecule has 0 amide bonds. The molecule has 1 atom stereocenters. The van der Waals surface area contributed by atoms with E-state index in [4.69, 9.17) is 4.74 Å². The van der Waals surface area contributed by atoms with Gasteiger partial charge in [0.15, 0.2) is 0 Å². The summed E-state index contributed by atoms with van der Waals surface area (Å²) < 4.78 is 31.9. The van der Waals surface area contributed by atoms with Crippen LogP contribution in [0.5, 0.6) is 5.75 Å². The van der Waals surface area contributed by atoms with Crippen molar-refractivity contribution in [3.05, 3.63) is 59.4 Å². The fraction of sp³-hybridized carbons (Fsp3) is 0.214. The first-order valence-corrected chi connectivity index (χ1v) is 5.82. The molecule has 3 nitrogen and oxygen atoms in total. The lowest BCUT2D eigenvalue weighted by Crippen LogP contribution is -2.04. The Labute approximate surface area is 109 Å². The summed E-state index contributed by atoms with van der Waals surface area (Å²) >= 11 is 0. The van der Waals surface area contributed by atoms with Crippen molar-refractivity contribution < 1.29 is 18.6 Å². The predicted octanol–water partition coefficient (Wildman–Crippen LogP) is 2.84. The van der Waals surface area contributed by atoms with E-state index in [9.17, 15) is 13.9 Å². The van der Waals surface area contributed by atoms with E-state index in [0.717, 1.165) is 18.2 Å². The van der Waals surface area contributed by atoms with Crippen LogP contribution in [0.1, 0.15) is 24.2 Å². The molecule has 0 aliphatic carbocycles. The Morgan fingerprint density at radius 1 is 1.26 bits per heavy atom. The van der Waals surface area contributed by atoms with Crippen LogP contribution < -0.4 is 4.74 Å². The Hall–Kier alpha value is -2.01. The number of hydrogen-bond donors (Lipinski definition) is 1. The zero-order valence-electron chi connectivity index (χ0n) is 10.3. The number of halogens is 2. The SMILES string of the molecule is CCOc1cncc(C(O)c2cc(F)ccc2F)c1. The van der Waals surface area contributed by atoms with Gasteiger partial charge in [0.2, 0.25) is 0 Å². The van der Waals surface area contributed by atoms with Crippen molar-refractivity contribution in [1.29, 1.82) is 0 Å². The monoisotopic (exact) mass is 265 g/mol. The van der Waals surface area contributed by atoms with Gasteiger partial charge in [0.05, 0.1) is 12.8 Å². The van der Waals surface area contributed by atoms with Crippen LogP contribution in [-0.2, 0) is 0 Å². The van der Waals surface area contributed by atoms with Gasteiger partial charge in [-0.25, -0.2) is 8.78 Å². The molecular formula is C14H13F2NO2. The topological polar surface area (TPSA) is 42.4 Å². The Morgan fingerprint density at radius 2 is 2.05 bits per heavy atom. The summed E-state index contributed by atoms with van der Waals surface area (Å²) in [5.41, 5.74) is 0.214. The van der Waals surface area contributed by atoms with Gasteiger partial charge in [0, 0.05) is 17.3 Å². The Kier molecular flexibility index (Phi) is 4.06. The van der Waals surface area contributed by atoms with E-state index in [-0.39, 0.29) is 5.56 Å². The molecule has 0 aliphatic rings. The minimum Gasteiger partial charge on any atom is -0.492 e. The molecule has 1 aromatic heterocycles. The number of aliphatic hydroxyl groups excluding tert-OH is 1. The zero-order valence-corrected chi connectivity index (χ0v) is 10.3. The lowest BCUT2D eigenvalue weighted by Gasteiger charge is -2.13. The van der Waals surface area contributed by atoms with Crippen molar-refractivity contribution in [2.75, 3.05) is 6.61 Å². The molecule has 1 unspecified atom stereocenters. The van der Waals surface area contributed by atoms with E-state index in [1.54, 1.807) is 6.07 Å². The quantitative estimate of drug-likeness (QED) is 0.924. The summed E-state index contributed by atoms with van der Waals surface area (Å²) in [6.45, 7) is 2.27. The Morgan fingerprint density at radius 3 is 2.79 bits per heavy atom. The smallest absolute Gasteiger partial charge is 0.137 e. The molecule has 0 saturated carbocycles. The van der Waals surface area contributed by atoms with Crippen LogP contribution in [0, 0.1) is 11.6 Å². The van der Waals surface area contributed by atoms with Gasteiger partial charge in [-0.3, -0.25) is 4.98 Å². The van der Waals surface area contributed by atoms with Gasteiger partial charge in [-0.1, -0.05) is 0 Å². The maximum atomic E-state index is 13.6. The van der Waals surface area contributed by atoms with Crippen molar-refractivity contribution in [2.24, 2.45) is 0 Å². The molecule has 0 radical (unpaired) electrons. The second-order valence-corrected chi connectivity index (χ2v) is 3.96. The van der Waals surface area contributed by atoms with Crippen molar-refractivity contribution in [3.63, 3.8) is 0 Å². The van der Waals surface area contributed by atoms with Crippen LogP contribution in [0.3, 0.4) is 0 Å². The summed E-state index contributed by atoms with van der Waals surface area (Å²) in [4.78, 5) is 3.90. The highest BCUT2D eigenvalue weighted by Crippen LogP contribution is 2.26. The molecule has 2 aromatic rings. The predicted molar refractivity (Wildman–Crippen MR) is 65.8 cm³/mol. The van der Waals surface area contributed by atoms with Gasteiger partial charge in [0.1, 0.15) is 23.5 Å². The molecular weight excluding hydrogens is 252 g/mol. The molecule has 1 heterocycles. The van der Waals surface area contributed by atoms with Gasteiger partial charge < -0.3 is 9.84 Å². The first kappa shape index (κ1) is 13.4. The van der Waals surface area contributed by atoms with Crippen LogP contribution in [0.4, 0.5) is 8.78 Å². The fourth-order valence-electron chi connectivity index (χ4n) is 1.73. The highest BCUT2D eigenvalue weighted by molar-refractivity contribution is 5.33. The standard InChI is InChI=1S/C14H13F2NO2/c1-2-19-11-5-9(7-17-8-11)14(18)12-6-10(15)3-4-13(12)16/h3-8,14,18H,2H2,1H3. The van der Waals surface area contributed by atoms with Crippen molar-refractivity contribution in [3.8, 4) is 5.75 Å². The number of pyridine rings is 1. The Bertz CT molecular complexity index is 575. The van der Waals surface area contributed by atoms with Crippen LogP contribution in [0.25, 0.3) is 0 Å².